The highest BCUT2D eigenvalue weighted by Crippen LogP contribution is 2.28. The summed E-state index contributed by atoms with van der Waals surface area (Å²) in [5, 5.41) is 5.32. The zero-order chi connectivity index (χ0) is 15.3. The molecule has 0 aliphatic rings. The van der Waals surface area contributed by atoms with Crippen molar-refractivity contribution in [1.29, 1.82) is 0 Å². The lowest BCUT2D eigenvalue weighted by Crippen LogP contribution is -2.17. The third-order valence-electron chi connectivity index (χ3n) is 2.66. The minimum atomic E-state index is -4.60. The molecule has 2 unspecified atom stereocenters. The van der Waals surface area contributed by atoms with Gasteiger partial charge in [0.05, 0.1) is 0 Å². The topological polar surface area (TPSA) is 66.9 Å². The van der Waals surface area contributed by atoms with Gasteiger partial charge in [0.2, 0.25) is 5.82 Å². The van der Waals surface area contributed by atoms with Crippen molar-refractivity contribution >= 4 is 22.4 Å². The van der Waals surface area contributed by atoms with Crippen molar-refractivity contribution < 1.29 is 17.4 Å². The Labute approximate surface area is 117 Å². The van der Waals surface area contributed by atoms with E-state index in [9.17, 15) is 17.4 Å². The molecular formula is C11H17F3N4OS. The average molecular weight is 310 g/mol. The predicted octanol–water partition coefficient (Wildman–Crippen LogP) is 2.11. The van der Waals surface area contributed by atoms with Gasteiger partial charge in [0.15, 0.2) is 0 Å². The van der Waals surface area contributed by atoms with Crippen LogP contribution < -0.4 is 10.6 Å². The van der Waals surface area contributed by atoms with Crippen molar-refractivity contribution in [3.8, 4) is 0 Å². The Morgan fingerprint density at radius 3 is 2.45 bits per heavy atom. The van der Waals surface area contributed by atoms with Crippen LogP contribution in [0.3, 0.4) is 0 Å². The molecule has 0 aromatic carbocycles. The summed E-state index contributed by atoms with van der Waals surface area (Å²) in [6, 6.07) is 1.39. The van der Waals surface area contributed by atoms with Gasteiger partial charge in [0, 0.05) is 42.0 Å². The highest BCUT2D eigenvalue weighted by Gasteiger charge is 2.35. The zero-order valence-corrected chi connectivity index (χ0v) is 12.2. The van der Waals surface area contributed by atoms with Crippen LogP contribution in [-0.2, 0) is 17.0 Å². The first-order valence-corrected chi connectivity index (χ1v) is 7.56. The third-order valence-corrected chi connectivity index (χ3v) is 4.03. The van der Waals surface area contributed by atoms with Crippen molar-refractivity contribution in [2.75, 3.05) is 30.5 Å². The lowest BCUT2D eigenvalue weighted by atomic mass is 10.3. The van der Waals surface area contributed by atoms with Gasteiger partial charge in [-0.3, -0.25) is 4.21 Å². The Balaban J connectivity index is 2.77. The SMILES string of the molecule is CNc1cc(NCCC(C)S(C)=O)nc(C(F)(F)F)n1. The first-order chi connectivity index (χ1) is 9.24. The summed E-state index contributed by atoms with van der Waals surface area (Å²) in [4.78, 5) is 6.79. The van der Waals surface area contributed by atoms with Gasteiger partial charge < -0.3 is 10.6 Å². The molecule has 1 aromatic rings. The fraction of sp³-hybridized carbons (Fsp3) is 0.636. The van der Waals surface area contributed by atoms with E-state index in [1.807, 2.05) is 6.92 Å². The van der Waals surface area contributed by atoms with E-state index in [1.165, 1.54) is 13.1 Å². The zero-order valence-electron chi connectivity index (χ0n) is 11.4. The maximum absolute atomic E-state index is 12.6. The minimum absolute atomic E-state index is 0.0322. The van der Waals surface area contributed by atoms with Crippen LogP contribution in [0, 0.1) is 0 Å². The molecule has 2 atom stereocenters. The van der Waals surface area contributed by atoms with E-state index in [2.05, 4.69) is 20.6 Å². The highest BCUT2D eigenvalue weighted by molar-refractivity contribution is 7.84. The first kappa shape index (κ1) is 16.7. The van der Waals surface area contributed by atoms with E-state index in [-0.39, 0.29) is 16.9 Å². The maximum atomic E-state index is 12.6. The Morgan fingerprint density at radius 2 is 1.95 bits per heavy atom. The summed E-state index contributed by atoms with van der Waals surface area (Å²) < 4.78 is 49.0. The molecule has 0 spiro atoms. The number of hydrogen-bond acceptors (Lipinski definition) is 5. The number of anilines is 2. The summed E-state index contributed by atoms with van der Waals surface area (Å²) in [6.07, 6.45) is -2.43. The summed E-state index contributed by atoms with van der Waals surface area (Å²) in [5.41, 5.74) is 0. The Bertz CT molecular complexity index is 481. The Kier molecular flexibility index (Phi) is 5.73. The molecule has 0 aliphatic carbocycles. The molecule has 0 aliphatic heterocycles. The summed E-state index contributed by atoms with van der Waals surface area (Å²) in [6.45, 7) is 2.20. The number of nitrogens with zero attached hydrogens (tertiary/aromatic N) is 2. The second-order valence-electron chi connectivity index (χ2n) is 4.23. The standard InChI is InChI=1S/C11H17F3N4OS/c1-7(20(3)19)4-5-16-9-6-8(15-2)17-10(18-9)11(12,13)14/h6-7H,4-5H2,1-3H3,(H2,15,16,17,18). The fourth-order valence-electron chi connectivity index (χ4n) is 1.36. The quantitative estimate of drug-likeness (QED) is 0.842. The van der Waals surface area contributed by atoms with E-state index in [0.29, 0.717) is 13.0 Å². The molecule has 0 bridgehead atoms. The maximum Gasteiger partial charge on any atom is 0.451 e. The van der Waals surface area contributed by atoms with Crippen molar-refractivity contribution in [3.63, 3.8) is 0 Å². The molecule has 114 valence electrons. The van der Waals surface area contributed by atoms with Crippen LogP contribution in [0.1, 0.15) is 19.2 Å². The molecule has 0 amide bonds. The molecule has 0 radical (unpaired) electrons. The smallest absolute Gasteiger partial charge is 0.373 e. The second kappa shape index (κ2) is 6.87. The molecule has 1 rings (SSSR count). The normalized spacial score (nSPS) is 14.7. The van der Waals surface area contributed by atoms with E-state index >= 15 is 0 Å². The lowest BCUT2D eigenvalue weighted by molar-refractivity contribution is -0.144. The van der Waals surface area contributed by atoms with Gasteiger partial charge in [-0.15, -0.1) is 0 Å². The van der Waals surface area contributed by atoms with Crippen LogP contribution in [0.25, 0.3) is 0 Å². The van der Waals surface area contributed by atoms with Crippen molar-refractivity contribution in [2.45, 2.75) is 24.8 Å². The summed E-state index contributed by atoms with van der Waals surface area (Å²) in [5.74, 6) is -1.02. The van der Waals surface area contributed by atoms with Crippen LogP contribution in [-0.4, -0.2) is 39.3 Å². The molecule has 2 N–H and O–H groups in total. The second-order valence-corrected chi connectivity index (χ2v) is 6.04. The van der Waals surface area contributed by atoms with Crippen molar-refractivity contribution in [1.82, 2.24) is 9.97 Å². The van der Waals surface area contributed by atoms with Crippen molar-refractivity contribution in [2.24, 2.45) is 0 Å². The van der Waals surface area contributed by atoms with E-state index < -0.39 is 22.8 Å². The largest absolute Gasteiger partial charge is 0.451 e. The number of halogens is 3. The van der Waals surface area contributed by atoms with Crippen LogP contribution in [0.2, 0.25) is 0 Å². The molecule has 1 aromatic heterocycles. The number of hydrogen-bond donors (Lipinski definition) is 2. The number of rotatable bonds is 6. The number of nitrogens with one attached hydrogen (secondary N) is 2. The molecule has 0 saturated heterocycles. The van der Waals surface area contributed by atoms with Gasteiger partial charge in [-0.1, -0.05) is 6.92 Å². The summed E-state index contributed by atoms with van der Waals surface area (Å²) in [7, 11) is 0.523. The fourth-order valence-corrected chi connectivity index (χ4v) is 1.81. The molecule has 0 saturated carbocycles. The first-order valence-electron chi connectivity index (χ1n) is 5.94. The van der Waals surface area contributed by atoms with E-state index in [1.54, 1.807) is 6.26 Å². The highest BCUT2D eigenvalue weighted by atomic mass is 32.2. The molecular weight excluding hydrogens is 293 g/mol. The Hall–Kier alpha value is -1.38. The van der Waals surface area contributed by atoms with Gasteiger partial charge in [-0.2, -0.15) is 13.2 Å². The monoisotopic (exact) mass is 310 g/mol. The molecule has 1 heterocycles. The van der Waals surface area contributed by atoms with Gasteiger partial charge in [-0.05, 0) is 6.42 Å². The van der Waals surface area contributed by atoms with Crippen molar-refractivity contribution in [3.05, 3.63) is 11.9 Å². The molecule has 0 fully saturated rings. The third kappa shape index (κ3) is 4.95. The predicted molar refractivity (Wildman–Crippen MR) is 73.2 cm³/mol. The number of aromatic nitrogens is 2. The van der Waals surface area contributed by atoms with E-state index in [0.717, 1.165) is 0 Å². The van der Waals surface area contributed by atoms with Crippen LogP contribution in [0.4, 0.5) is 24.8 Å². The summed E-state index contributed by atoms with van der Waals surface area (Å²) >= 11 is 0. The molecule has 20 heavy (non-hydrogen) atoms. The van der Waals surface area contributed by atoms with Crippen LogP contribution in [0.5, 0.6) is 0 Å². The minimum Gasteiger partial charge on any atom is -0.373 e. The van der Waals surface area contributed by atoms with Gasteiger partial charge in [0.1, 0.15) is 11.6 Å². The molecule has 9 heteroatoms. The van der Waals surface area contributed by atoms with Gasteiger partial charge >= 0.3 is 6.18 Å². The van der Waals surface area contributed by atoms with Crippen LogP contribution in [0.15, 0.2) is 6.07 Å². The van der Waals surface area contributed by atoms with E-state index in [4.69, 9.17) is 0 Å². The number of alkyl halides is 3. The van der Waals surface area contributed by atoms with Crippen LogP contribution >= 0.6 is 0 Å². The average Bonchev–Trinajstić information content (AvgIpc) is 2.37. The van der Waals surface area contributed by atoms with Gasteiger partial charge in [-0.25, -0.2) is 9.97 Å². The molecule has 5 nitrogen and oxygen atoms in total. The lowest BCUT2D eigenvalue weighted by Gasteiger charge is -2.12. The van der Waals surface area contributed by atoms with Gasteiger partial charge in [0.25, 0.3) is 0 Å². The Morgan fingerprint density at radius 1 is 1.35 bits per heavy atom.